The molecule has 0 amide bonds. The summed E-state index contributed by atoms with van der Waals surface area (Å²) in [6.45, 7) is 6.76. The van der Waals surface area contributed by atoms with Crippen LogP contribution in [0.1, 0.15) is 25.3 Å². The Balaban J connectivity index is 1.62. The molecule has 144 valence electrons. The van der Waals surface area contributed by atoms with Gasteiger partial charge in [-0.05, 0) is 43.0 Å². The van der Waals surface area contributed by atoms with Crippen molar-refractivity contribution in [2.45, 2.75) is 38.6 Å². The van der Waals surface area contributed by atoms with Gasteiger partial charge in [0.2, 0.25) is 5.82 Å². The Hall–Kier alpha value is -2.24. The van der Waals surface area contributed by atoms with Crippen LogP contribution in [0, 0.1) is 11.6 Å². The monoisotopic (exact) mass is 374 g/mol. The summed E-state index contributed by atoms with van der Waals surface area (Å²) in [7, 11) is 0. The molecule has 0 aromatic heterocycles. The van der Waals surface area contributed by atoms with E-state index in [0.29, 0.717) is 18.8 Å². The lowest BCUT2D eigenvalue weighted by atomic mass is 10.0. The molecule has 2 unspecified atom stereocenters. The minimum Gasteiger partial charge on any atom is -0.491 e. The summed E-state index contributed by atoms with van der Waals surface area (Å²) < 4.78 is 45.0. The molecule has 0 spiro atoms. The van der Waals surface area contributed by atoms with E-state index in [9.17, 15) is 8.78 Å². The van der Waals surface area contributed by atoms with Gasteiger partial charge in [-0.1, -0.05) is 30.3 Å². The van der Waals surface area contributed by atoms with Crippen molar-refractivity contribution in [3.8, 4) is 16.9 Å². The molecule has 2 aromatic carbocycles. The van der Waals surface area contributed by atoms with Crippen molar-refractivity contribution < 1.29 is 23.0 Å². The highest BCUT2D eigenvalue weighted by Gasteiger charge is 2.20. The Labute approximate surface area is 158 Å². The maximum atomic E-state index is 14.3. The first kappa shape index (κ1) is 19.5. The van der Waals surface area contributed by atoms with Gasteiger partial charge in [0.15, 0.2) is 11.6 Å². The van der Waals surface area contributed by atoms with E-state index in [0.717, 1.165) is 18.4 Å². The van der Waals surface area contributed by atoms with Crippen LogP contribution in [0.3, 0.4) is 0 Å². The molecule has 3 rings (SSSR count). The predicted octanol–water partition coefficient (Wildman–Crippen LogP) is 5.28. The van der Waals surface area contributed by atoms with Crippen molar-refractivity contribution in [3.05, 3.63) is 66.3 Å². The van der Waals surface area contributed by atoms with Gasteiger partial charge in [-0.25, -0.2) is 4.39 Å². The highest BCUT2D eigenvalue weighted by molar-refractivity contribution is 5.65. The van der Waals surface area contributed by atoms with Gasteiger partial charge < -0.3 is 14.2 Å². The average Bonchev–Trinajstić information content (AvgIpc) is 2.71. The van der Waals surface area contributed by atoms with Gasteiger partial charge in [0, 0.05) is 5.56 Å². The summed E-state index contributed by atoms with van der Waals surface area (Å²) in [6, 6.07) is 10.2. The first-order valence-corrected chi connectivity index (χ1v) is 9.18. The van der Waals surface area contributed by atoms with Gasteiger partial charge in [0.05, 0.1) is 32.0 Å². The van der Waals surface area contributed by atoms with Crippen LogP contribution >= 0.6 is 0 Å². The Kier molecular flexibility index (Phi) is 6.58. The molecule has 1 fully saturated rings. The Morgan fingerprint density at radius 1 is 1.11 bits per heavy atom. The van der Waals surface area contributed by atoms with E-state index < -0.39 is 11.6 Å². The number of hydrogen-bond donors (Lipinski definition) is 0. The minimum absolute atomic E-state index is 0.0681. The molecule has 27 heavy (non-hydrogen) atoms. The van der Waals surface area contributed by atoms with Gasteiger partial charge in [-0.3, -0.25) is 0 Å². The van der Waals surface area contributed by atoms with Crippen LogP contribution in [-0.2, 0) is 16.1 Å². The van der Waals surface area contributed by atoms with Crippen LogP contribution in [0.5, 0.6) is 5.75 Å². The predicted molar refractivity (Wildman–Crippen MR) is 101 cm³/mol. The topological polar surface area (TPSA) is 27.7 Å². The smallest absolute Gasteiger partial charge is 0.201 e. The molecule has 3 nitrogen and oxygen atoms in total. The lowest BCUT2D eigenvalue weighted by molar-refractivity contribution is -0.0769. The molecule has 1 aliphatic rings. The van der Waals surface area contributed by atoms with Crippen molar-refractivity contribution in [1.82, 2.24) is 0 Å². The number of hydrogen-bond acceptors (Lipinski definition) is 3. The maximum Gasteiger partial charge on any atom is 0.201 e. The summed E-state index contributed by atoms with van der Waals surface area (Å²) in [5, 5.41) is 0. The highest BCUT2D eigenvalue weighted by Crippen LogP contribution is 2.30. The van der Waals surface area contributed by atoms with Gasteiger partial charge in [0.1, 0.15) is 0 Å². The lowest BCUT2D eigenvalue weighted by Crippen LogP contribution is -2.30. The van der Waals surface area contributed by atoms with E-state index in [2.05, 4.69) is 6.58 Å². The molecular weight excluding hydrogens is 350 g/mol. The Morgan fingerprint density at radius 2 is 1.89 bits per heavy atom. The molecule has 0 aliphatic carbocycles. The van der Waals surface area contributed by atoms with E-state index in [1.54, 1.807) is 19.1 Å². The molecule has 0 N–H and O–H groups in total. The van der Waals surface area contributed by atoms with Crippen LogP contribution in [0.2, 0.25) is 0 Å². The van der Waals surface area contributed by atoms with E-state index in [1.165, 1.54) is 12.1 Å². The van der Waals surface area contributed by atoms with E-state index in [-0.39, 0.29) is 30.1 Å². The third kappa shape index (κ3) is 4.73. The van der Waals surface area contributed by atoms with Crippen LogP contribution in [-0.4, -0.2) is 25.4 Å². The first-order chi connectivity index (χ1) is 13.1. The zero-order valence-corrected chi connectivity index (χ0v) is 15.4. The van der Waals surface area contributed by atoms with Crippen LogP contribution in [0.25, 0.3) is 11.1 Å². The molecule has 2 atom stereocenters. The summed E-state index contributed by atoms with van der Waals surface area (Å²) in [4.78, 5) is 0. The normalized spacial score (nSPS) is 19.7. The van der Waals surface area contributed by atoms with Crippen LogP contribution < -0.4 is 4.74 Å². The third-order valence-corrected chi connectivity index (χ3v) is 4.63. The van der Waals surface area contributed by atoms with Crippen LogP contribution in [0.4, 0.5) is 8.78 Å². The summed E-state index contributed by atoms with van der Waals surface area (Å²) in [5.74, 6) is -1.94. The van der Waals surface area contributed by atoms with Crippen molar-refractivity contribution in [1.29, 1.82) is 0 Å². The zero-order chi connectivity index (χ0) is 19.2. The van der Waals surface area contributed by atoms with Gasteiger partial charge in [-0.2, -0.15) is 4.39 Å². The molecule has 5 heteroatoms. The zero-order valence-electron chi connectivity index (χ0n) is 15.4. The van der Waals surface area contributed by atoms with Crippen LogP contribution in [0.15, 0.2) is 49.1 Å². The quantitative estimate of drug-likeness (QED) is 0.617. The molecule has 0 radical (unpaired) electrons. The number of benzene rings is 2. The van der Waals surface area contributed by atoms with E-state index in [1.807, 2.05) is 18.2 Å². The molecule has 1 saturated heterocycles. The number of ether oxygens (including phenoxy) is 3. The van der Waals surface area contributed by atoms with Gasteiger partial charge >= 0.3 is 0 Å². The molecule has 0 bridgehead atoms. The van der Waals surface area contributed by atoms with Gasteiger partial charge in [0.25, 0.3) is 0 Å². The Morgan fingerprint density at radius 3 is 2.52 bits per heavy atom. The van der Waals surface area contributed by atoms with E-state index >= 15 is 0 Å². The molecule has 1 aliphatic heterocycles. The second kappa shape index (κ2) is 9.11. The number of halogens is 2. The fourth-order valence-electron chi connectivity index (χ4n) is 3.08. The second-order valence-corrected chi connectivity index (χ2v) is 6.49. The summed E-state index contributed by atoms with van der Waals surface area (Å²) >= 11 is 0. The molecular formula is C22H24F2O3. The van der Waals surface area contributed by atoms with Crippen molar-refractivity contribution in [2.24, 2.45) is 0 Å². The fourth-order valence-corrected chi connectivity index (χ4v) is 3.08. The SMILES string of the molecule is C=CC1CCC(OCc2ccc(-c3ccc(OCC)c(F)c3F)cc2)CO1. The minimum atomic E-state index is -0.961. The van der Waals surface area contributed by atoms with Crippen molar-refractivity contribution >= 4 is 0 Å². The first-order valence-electron chi connectivity index (χ1n) is 9.18. The number of rotatable bonds is 7. The highest BCUT2D eigenvalue weighted by atomic mass is 19.2. The Bertz CT molecular complexity index is 766. The van der Waals surface area contributed by atoms with Crippen molar-refractivity contribution in [2.75, 3.05) is 13.2 Å². The third-order valence-electron chi connectivity index (χ3n) is 4.63. The maximum absolute atomic E-state index is 14.3. The average molecular weight is 374 g/mol. The molecule has 2 aromatic rings. The second-order valence-electron chi connectivity index (χ2n) is 6.49. The standard InChI is InChI=1S/C22H24F2O3/c1-3-17-9-10-18(14-27-17)26-13-15-5-7-16(8-6-15)19-11-12-20(25-4-2)22(24)21(19)23/h3,5-8,11-12,17-18H,1,4,9-10,13-14H2,2H3. The fraction of sp³-hybridized carbons (Fsp3) is 0.364. The summed E-state index contributed by atoms with van der Waals surface area (Å²) in [6.07, 6.45) is 3.85. The van der Waals surface area contributed by atoms with Gasteiger partial charge in [-0.15, -0.1) is 6.58 Å². The molecule has 1 heterocycles. The summed E-state index contributed by atoms with van der Waals surface area (Å²) in [5.41, 5.74) is 1.78. The molecule has 0 saturated carbocycles. The lowest BCUT2D eigenvalue weighted by Gasteiger charge is -2.27. The van der Waals surface area contributed by atoms with E-state index in [4.69, 9.17) is 14.2 Å². The van der Waals surface area contributed by atoms with Crippen molar-refractivity contribution in [3.63, 3.8) is 0 Å². The largest absolute Gasteiger partial charge is 0.491 e.